The van der Waals surface area contributed by atoms with Crippen molar-refractivity contribution in [2.24, 2.45) is 5.92 Å². The number of hydrogen-bond donors (Lipinski definition) is 3. The van der Waals surface area contributed by atoms with Gasteiger partial charge in [-0.3, -0.25) is 14.7 Å². The summed E-state index contributed by atoms with van der Waals surface area (Å²) in [5, 5.41) is 17.5. The number of pyridine rings is 1. The molecule has 3 heterocycles. The summed E-state index contributed by atoms with van der Waals surface area (Å²) in [7, 11) is 0. The molecule has 1 spiro atoms. The van der Waals surface area contributed by atoms with E-state index in [1.165, 1.54) is 0 Å². The number of nitrogens with one attached hydrogen (secondary N) is 1. The highest BCUT2D eigenvalue weighted by molar-refractivity contribution is 5.81. The lowest BCUT2D eigenvalue weighted by molar-refractivity contribution is -0.193. The van der Waals surface area contributed by atoms with E-state index in [9.17, 15) is 31.1 Å². The quantitative estimate of drug-likeness (QED) is 0.467. The Morgan fingerprint density at radius 2 is 1.56 bits per heavy atom. The summed E-state index contributed by atoms with van der Waals surface area (Å²) in [4.78, 5) is 36.9. The third-order valence-electron chi connectivity index (χ3n) is 6.37. The summed E-state index contributed by atoms with van der Waals surface area (Å²) in [6.07, 6.45) is -3.99. The van der Waals surface area contributed by atoms with E-state index in [1.54, 1.807) is 0 Å². The third-order valence-corrected chi connectivity index (χ3v) is 6.37. The number of carbonyl (C=O) groups is 3. The number of piperidine rings is 1. The molecule has 4 rings (SSSR count). The zero-order valence-electron chi connectivity index (χ0n) is 21.1. The van der Waals surface area contributed by atoms with Gasteiger partial charge in [0, 0.05) is 43.9 Å². The normalized spacial score (nSPS) is 21.1. The topological polar surface area (TPSA) is 129 Å². The number of aryl methyl sites for hydroxylation is 1. The molecule has 2 aliphatic heterocycles. The van der Waals surface area contributed by atoms with Gasteiger partial charge in [0.2, 0.25) is 5.91 Å². The van der Waals surface area contributed by atoms with Crippen LogP contribution in [-0.2, 0) is 25.7 Å². The molecule has 0 radical (unpaired) electrons. The summed E-state index contributed by atoms with van der Waals surface area (Å²) in [6, 6.07) is 6.53. The minimum atomic E-state index is -5.08. The lowest BCUT2D eigenvalue weighted by Crippen LogP contribution is -2.53. The Labute approximate surface area is 220 Å². The summed E-state index contributed by atoms with van der Waals surface area (Å²) in [5.41, 5.74) is 2.20. The smallest absolute Gasteiger partial charge is 0.475 e. The average Bonchev–Trinajstić information content (AvgIpc) is 3.66. The SMILES string of the molecule is Cc1cccc(CN2CCC3(CC2)CC(NC(=O)C2CC2)CCO3)n1.O=C(O)C(F)(F)F.O=C(O)C(F)(F)F. The number of halogens is 6. The molecule has 3 aliphatic rings. The molecule has 1 atom stereocenters. The molecule has 3 N–H and O–H groups in total. The number of ether oxygens (including phenoxy) is 1. The van der Waals surface area contributed by atoms with Crippen LogP contribution in [0.25, 0.3) is 0 Å². The van der Waals surface area contributed by atoms with Gasteiger partial charge in [0.25, 0.3) is 0 Å². The van der Waals surface area contributed by atoms with Gasteiger partial charge < -0.3 is 20.3 Å². The van der Waals surface area contributed by atoms with Crippen molar-refractivity contribution < 1.29 is 55.7 Å². The Balaban J connectivity index is 0.000000317. The predicted octanol–water partition coefficient (Wildman–Crippen LogP) is 3.70. The van der Waals surface area contributed by atoms with Crippen molar-refractivity contribution in [3.63, 3.8) is 0 Å². The van der Waals surface area contributed by atoms with E-state index in [-0.39, 0.29) is 11.5 Å². The van der Waals surface area contributed by atoms with Crippen molar-refractivity contribution in [3.8, 4) is 0 Å². The van der Waals surface area contributed by atoms with Crippen LogP contribution in [0.3, 0.4) is 0 Å². The van der Waals surface area contributed by atoms with Crippen molar-refractivity contribution in [1.29, 1.82) is 0 Å². The van der Waals surface area contributed by atoms with Crippen LogP contribution < -0.4 is 5.32 Å². The molecule has 9 nitrogen and oxygen atoms in total. The first kappa shape index (κ1) is 32.3. The number of aliphatic carboxylic acids is 2. The lowest BCUT2D eigenvalue weighted by atomic mass is 9.82. The van der Waals surface area contributed by atoms with Crippen LogP contribution in [0.5, 0.6) is 0 Å². The molecule has 1 aliphatic carbocycles. The summed E-state index contributed by atoms with van der Waals surface area (Å²) < 4.78 is 69.7. The van der Waals surface area contributed by atoms with Gasteiger partial charge in [-0.1, -0.05) is 6.07 Å². The van der Waals surface area contributed by atoms with Crippen LogP contribution in [0.4, 0.5) is 26.3 Å². The van der Waals surface area contributed by atoms with Gasteiger partial charge in [-0.25, -0.2) is 9.59 Å². The number of likely N-dealkylation sites (tertiary alicyclic amines) is 1. The van der Waals surface area contributed by atoms with Gasteiger partial charge in [-0.2, -0.15) is 26.3 Å². The highest BCUT2D eigenvalue weighted by Crippen LogP contribution is 2.36. The Morgan fingerprint density at radius 3 is 2.03 bits per heavy atom. The Kier molecular flexibility index (Phi) is 11.1. The Morgan fingerprint density at radius 1 is 1.03 bits per heavy atom. The minimum Gasteiger partial charge on any atom is -0.475 e. The summed E-state index contributed by atoms with van der Waals surface area (Å²) >= 11 is 0. The maximum atomic E-state index is 12.1. The predicted molar refractivity (Wildman–Crippen MR) is 123 cm³/mol. The third kappa shape index (κ3) is 11.4. The highest BCUT2D eigenvalue weighted by Gasteiger charge is 2.42. The van der Waals surface area contributed by atoms with Gasteiger partial charge in [0.15, 0.2) is 0 Å². The molecule has 1 saturated carbocycles. The van der Waals surface area contributed by atoms with Crippen LogP contribution in [0.2, 0.25) is 0 Å². The minimum absolute atomic E-state index is 0.0315. The Hall–Kier alpha value is -2.94. The molecular formula is C24H31F6N3O6. The lowest BCUT2D eigenvalue weighted by Gasteiger charge is -2.46. The number of hydrogen-bond acceptors (Lipinski definition) is 6. The molecule has 15 heteroatoms. The molecule has 39 heavy (non-hydrogen) atoms. The number of alkyl halides is 6. The van der Waals surface area contributed by atoms with Gasteiger partial charge in [-0.05, 0) is 57.6 Å². The number of amides is 1. The van der Waals surface area contributed by atoms with Crippen molar-refractivity contribution in [2.45, 2.75) is 76.0 Å². The Bertz CT molecular complexity index is 967. The second-order valence-electron chi connectivity index (χ2n) is 9.66. The number of carboxylic acid groups (broad SMARTS) is 2. The number of carboxylic acids is 2. The first-order chi connectivity index (χ1) is 18.0. The number of carbonyl (C=O) groups excluding carboxylic acids is 1. The first-order valence-corrected chi connectivity index (χ1v) is 12.2. The van der Waals surface area contributed by atoms with Crippen LogP contribution >= 0.6 is 0 Å². The van der Waals surface area contributed by atoms with Gasteiger partial charge in [-0.15, -0.1) is 0 Å². The fraction of sp³-hybridized carbons (Fsp3) is 0.667. The van der Waals surface area contributed by atoms with Gasteiger partial charge >= 0.3 is 24.3 Å². The monoisotopic (exact) mass is 571 g/mol. The second kappa shape index (κ2) is 13.4. The average molecular weight is 572 g/mol. The van der Waals surface area contributed by atoms with Crippen molar-refractivity contribution in [2.75, 3.05) is 19.7 Å². The molecule has 3 fully saturated rings. The molecule has 0 aromatic carbocycles. The molecule has 0 bridgehead atoms. The maximum absolute atomic E-state index is 12.1. The van der Waals surface area contributed by atoms with E-state index < -0.39 is 24.3 Å². The van der Waals surface area contributed by atoms with Crippen molar-refractivity contribution in [3.05, 3.63) is 29.6 Å². The molecule has 1 unspecified atom stereocenters. The molecule has 220 valence electrons. The number of rotatable bonds is 4. The molecule has 1 amide bonds. The van der Waals surface area contributed by atoms with Crippen molar-refractivity contribution >= 4 is 17.8 Å². The highest BCUT2D eigenvalue weighted by atomic mass is 19.4. The van der Waals surface area contributed by atoms with E-state index in [0.29, 0.717) is 12.0 Å². The molecule has 1 aromatic heterocycles. The maximum Gasteiger partial charge on any atom is 0.490 e. The van der Waals surface area contributed by atoms with Gasteiger partial charge in [0.05, 0.1) is 11.3 Å². The van der Waals surface area contributed by atoms with E-state index in [2.05, 4.69) is 27.3 Å². The fourth-order valence-corrected chi connectivity index (χ4v) is 4.20. The number of aromatic nitrogens is 1. The van der Waals surface area contributed by atoms with E-state index >= 15 is 0 Å². The van der Waals surface area contributed by atoms with E-state index in [4.69, 9.17) is 24.5 Å². The molecule has 1 aromatic rings. The van der Waals surface area contributed by atoms with Crippen LogP contribution in [-0.4, -0.2) is 81.6 Å². The van der Waals surface area contributed by atoms with Crippen LogP contribution in [0.1, 0.15) is 49.9 Å². The number of nitrogens with zero attached hydrogens (tertiary/aromatic N) is 2. The second-order valence-corrected chi connectivity index (χ2v) is 9.66. The van der Waals surface area contributed by atoms with Crippen LogP contribution in [0.15, 0.2) is 18.2 Å². The fourth-order valence-electron chi connectivity index (χ4n) is 4.20. The molecule has 2 saturated heterocycles. The first-order valence-electron chi connectivity index (χ1n) is 12.2. The standard InChI is InChI=1S/C20H29N3O2.2C2HF3O2/c1-15-3-2-4-18(21-15)14-23-10-8-20(9-11-23)13-17(7-12-25-20)22-19(24)16-5-6-16;2*3-2(4,5)1(6)7/h2-4,16-17H,5-14H2,1H3,(H,22,24);2*(H,6,7). The van der Waals surface area contributed by atoms with E-state index in [0.717, 1.165) is 76.2 Å². The summed E-state index contributed by atoms with van der Waals surface area (Å²) in [6.45, 7) is 5.81. The van der Waals surface area contributed by atoms with Crippen molar-refractivity contribution in [1.82, 2.24) is 15.2 Å². The van der Waals surface area contributed by atoms with Crippen LogP contribution in [0, 0.1) is 12.8 Å². The van der Waals surface area contributed by atoms with E-state index in [1.807, 2.05) is 13.0 Å². The zero-order chi connectivity index (χ0) is 29.4. The zero-order valence-corrected chi connectivity index (χ0v) is 21.1. The molecular weight excluding hydrogens is 540 g/mol. The summed E-state index contributed by atoms with van der Waals surface area (Å²) in [5.74, 6) is -4.95. The van der Waals surface area contributed by atoms with Gasteiger partial charge in [0.1, 0.15) is 0 Å². The largest absolute Gasteiger partial charge is 0.490 e.